The standard InChI is InChI=1S/C18H13F3N2O4/c19-18(20,21)5-6-23-14-10(17(26)27)7-11(22)12-13(14)16(25)9-4-2-1-3-8(9)15(12)24/h1-4,7,23H,5-6,22H2,(H,26,27). The number of hydrogen-bond acceptors (Lipinski definition) is 5. The number of nitrogens with one attached hydrogen (secondary N) is 1. The second kappa shape index (κ2) is 6.42. The zero-order valence-electron chi connectivity index (χ0n) is 13.7. The van der Waals surface area contributed by atoms with Gasteiger partial charge in [-0.1, -0.05) is 24.3 Å². The molecule has 4 N–H and O–H groups in total. The lowest BCUT2D eigenvalue weighted by Crippen LogP contribution is -2.26. The molecule has 0 saturated carbocycles. The van der Waals surface area contributed by atoms with Crippen LogP contribution >= 0.6 is 0 Å². The number of fused-ring (bicyclic) bond motifs is 2. The van der Waals surface area contributed by atoms with Gasteiger partial charge in [0.1, 0.15) is 0 Å². The minimum absolute atomic E-state index is 0.0378. The SMILES string of the molecule is Nc1cc(C(=O)O)c(NCCC(F)(F)F)c2c1C(=O)c1ccccc1C2=O. The number of alkyl halides is 3. The average molecular weight is 378 g/mol. The molecule has 0 aliphatic heterocycles. The summed E-state index contributed by atoms with van der Waals surface area (Å²) in [6.45, 7) is -0.663. The molecule has 0 amide bonds. The van der Waals surface area contributed by atoms with Crippen LogP contribution in [0.15, 0.2) is 30.3 Å². The summed E-state index contributed by atoms with van der Waals surface area (Å²) < 4.78 is 37.4. The molecule has 2 aromatic rings. The molecule has 0 heterocycles. The molecule has 0 bridgehead atoms. The van der Waals surface area contributed by atoms with Crippen LogP contribution in [0.5, 0.6) is 0 Å². The predicted octanol–water partition coefficient (Wildman–Crippen LogP) is 3.11. The lowest BCUT2D eigenvalue weighted by atomic mass is 9.81. The van der Waals surface area contributed by atoms with Crippen molar-refractivity contribution in [3.8, 4) is 0 Å². The minimum atomic E-state index is -4.48. The van der Waals surface area contributed by atoms with Gasteiger partial charge in [0.15, 0.2) is 11.6 Å². The van der Waals surface area contributed by atoms with Gasteiger partial charge in [0.25, 0.3) is 0 Å². The van der Waals surface area contributed by atoms with Gasteiger partial charge in [-0.15, -0.1) is 0 Å². The summed E-state index contributed by atoms with van der Waals surface area (Å²) in [7, 11) is 0. The van der Waals surface area contributed by atoms with Gasteiger partial charge in [-0.05, 0) is 6.07 Å². The van der Waals surface area contributed by atoms with Crippen molar-refractivity contribution in [1.29, 1.82) is 0 Å². The molecular weight excluding hydrogens is 365 g/mol. The van der Waals surface area contributed by atoms with Crippen LogP contribution in [0.3, 0.4) is 0 Å². The Balaban J connectivity index is 2.19. The van der Waals surface area contributed by atoms with E-state index in [-0.39, 0.29) is 33.6 Å². The van der Waals surface area contributed by atoms with E-state index in [0.717, 1.165) is 6.07 Å². The summed E-state index contributed by atoms with van der Waals surface area (Å²) in [6, 6.07) is 6.87. The van der Waals surface area contributed by atoms with Crippen molar-refractivity contribution < 1.29 is 32.7 Å². The number of carbonyl (C=O) groups excluding carboxylic acids is 2. The van der Waals surface area contributed by atoms with Crippen molar-refractivity contribution >= 4 is 28.9 Å². The number of hydrogen-bond donors (Lipinski definition) is 3. The van der Waals surface area contributed by atoms with Crippen LogP contribution in [0.2, 0.25) is 0 Å². The molecule has 0 aromatic heterocycles. The maximum Gasteiger partial charge on any atom is 0.390 e. The van der Waals surface area contributed by atoms with E-state index in [1.807, 2.05) is 0 Å². The Morgan fingerprint density at radius 3 is 2.15 bits per heavy atom. The number of aromatic carboxylic acids is 1. The van der Waals surface area contributed by atoms with E-state index in [9.17, 15) is 32.7 Å². The van der Waals surface area contributed by atoms with E-state index in [0.29, 0.717) is 0 Å². The minimum Gasteiger partial charge on any atom is -0.478 e. The first-order valence-corrected chi connectivity index (χ1v) is 7.80. The summed E-state index contributed by atoms with van der Waals surface area (Å²) in [5.41, 5.74) is 4.38. The molecule has 0 fully saturated rings. The first-order valence-electron chi connectivity index (χ1n) is 7.80. The first kappa shape index (κ1) is 18.4. The number of benzene rings is 2. The summed E-state index contributed by atoms with van der Waals surface area (Å²) in [6.07, 6.45) is -5.72. The number of rotatable bonds is 4. The van der Waals surface area contributed by atoms with Crippen LogP contribution < -0.4 is 11.1 Å². The molecule has 2 aromatic carbocycles. The molecule has 140 valence electrons. The van der Waals surface area contributed by atoms with Crippen LogP contribution in [0, 0.1) is 0 Å². The Bertz CT molecular complexity index is 983. The smallest absolute Gasteiger partial charge is 0.390 e. The fourth-order valence-corrected chi connectivity index (χ4v) is 3.01. The normalized spacial score (nSPS) is 13.1. The fraction of sp³-hybridized carbons (Fsp3) is 0.167. The third kappa shape index (κ3) is 3.23. The molecule has 1 aliphatic rings. The van der Waals surface area contributed by atoms with Crippen LogP contribution in [-0.4, -0.2) is 35.4 Å². The number of carboxylic acids is 1. The number of anilines is 2. The van der Waals surface area contributed by atoms with E-state index in [2.05, 4.69) is 5.32 Å². The number of halogens is 3. The highest BCUT2D eigenvalue weighted by Gasteiger charge is 2.36. The Morgan fingerprint density at radius 2 is 1.63 bits per heavy atom. The number of ketones is 2. The monoisotopic (exact) mass is 378 g/mol. The third-order valence-electron chi connectivity index (χ3n) is 4.17. The molecule has 3 rings (SSSR count). The van der Waals surface area contributed by atoms with Crippen LogP contribution in [0.25, 0.3) is 0 Å². The molecule has 0 radical (unpaired) electrons. The van der Waals surface area contributed by atoms with Crippen molar-refractivity contribution in [2.45, 2.75) is 12.6 Å². The Hall–Kier alpha value is -3.36. The van der Waals surface area contributed by atoms with Crippen LogP contribution in [-0.2, 0) is 0 Å². The molecule has 0 unspecified atom stereocenters. The molecule has 6 nitrogen and oxygen atoms in total. The number of nitrogens with two attached hydrogens (primary N) is 1. The van der Waals surface area contributed by atoms with Gasteiger partial charge in [-0.25, -0.2) is 4.79 Å². The second-order valence-electron chi connectivity index (χ2n) is 5.94. The summed E-state index contributed by atoms with van der Waals surface area (Å²) in [5.74, 6) is -2.75. The van der Waals surface area contributed by atoms with Crippen LogP contribution in [0.4, 0.5) is 24.5 Å². The highest BCUT2D eigenvalue weighted by atomic mass is 19.4. The second-order valence-corrected chi connectivity index (χ2v) is 5.94. The Kier molecular flexibility index (Phi) is 4.38. The lowest BCUT2D eigenvalue weighted by Gasteiger charge is -2.24. The van der Waals surface area contributed by atoms with Gasteiger partial charge < -0.3 is 16.2 Å². The van der Waals surface area contributed by atoms with Gasteiger partial charge in [0.05, 0.1) is 28.8 Å². The summed E-state index contributed by atoms with van der Waals surface area (Å²) in [4.78, 5) is 37.2. The Morgan fingerprint density at radius 1 is 1.07 bits per heavy atom. The van der Waals surface area contributed by atoms with E-state index in [1.165, 1.54) is 18.2 Å². The van der Waals surface area contributed by atoms with Gasteiger partial charge in [0, 0.05) is 23.4 Å². The summed E-state index contributed by atoms with van der Waals surface area (Å²) >= 11 is 0. The van der Waals surface area contributed by atoms with Gasteiger partial charge in [-0.2, -0.15) is 13.2 Å². The van der Waals surface area contributed by atoms with E-state index >= 15 is 0 Å². The van der Waals surface area contributed by atoms with E-state index in [4.69, 9.17) is 5.73 Å². The van der Waals surface area contributed by atoms with Crippen molar-refractivity contribution in [2.24, 2.45) is 0 Å². The maximum absolute atomic E-state index is 12.9. The zero-order valence-corrected chi connectivity index (χ0v) is 13.7. The predicted molar refractivity (Wildman–Crippen MR) is 90.3 cm³/mol. The van der Waals surface area contributed by atoms with E-state index in [1.54, 1.807) is 6.07 Å². The fourth-order valence-electron chi connectivity index (χ4n) is 3.01. The number of nitrogen functional groups attached to an aromatic ring is 1. The molecule has 27 heavy (non-hydrogen) atoms. The summed E-state index contributed by atoms with van der Waals surface area (Å²) in [5, 5.41) is 11.7. The largest absolute Gasteiger partial charge is 0.478 e. The highest BCUT2D eigenvalue weighted by Crippen LogP contribution is 2.38. The van der Waals surface area contributed by atoms with Crippen molar-refractivity contribution in [3.05, 3.63) is 58.1 Å². The van der Waals surface area contributed by atoms with Crippen molar-refractivity contribution in [1.82, 2.24) is 0 Å². The van der Waals surface area contributed by atoms with Crippen LogP contribution in [0.1, 0.15) is 48.6 Å². The lowest BCUT2D eigenvalue weighted by molar-refractivity contribution is -0.131. The Labute approximate surface area is 150 Å². The first-order chi connectivity index (χ1) is 12.6. The topological polar surface area (TPSA) is 109 Å². The average Bonchev–Trinajstić information content (AvgIpc) is 2.59. The number of carboxylic acid groups (broad SMARTS) is 1. The number of carbonyl (C=O) groups is 3. The van der Waals surface area contributed by atoms with Gasteiger partial charge in [0.2, 0.25) is 0 Å². The maximum atomic E-state index is 12.9. The van der Waals surface area contributed by atoms with Crippen molar-refractivity contribution in [3.63, 3.8) is 0 Å². The van der Waals surface area contributed by atoms with Gasteiger partial charge >= 0.3 is 12.1 Å². The van der Waals surface area contributed by atoms with Gasteiger partial charge in [-0.3, -0.25) is 9.59 Å². The zero-order chi connectivity index (χ0) is 19.9. The quantitative estimate of drug-likeness (QED) is 0.602. The van der Waals surface area contributed by atoms with E-state index < -0.39 is 42.2 Å². The molecule has 0 saturated heterocycles. The third-order valence-corrected chi connectivity index (χ3v) is 4.17. The molecular formula is C18H13F3N2O4. The molecule has 1 aliphatic carbocycles. The van der Waals surface area contributed by atoms with Crippen molar-refractivity contribution in [2.75, 3.05) is 17.6 Å². The molecule has 0 spiro atoms. The molecule has 9 heteroatoms. The molecule has 0 atom stereocenters. The highest BCUT2D eigenvalue weighted by molar-refractivity contribution is 6.32.